The minimum Gasteiger partial charge on any atom is -0.481 e. The van der Waals surface area contributed by atoms with Crippen LogP contribution in [0.5, 0.6) is 0 Å². The molecule has 0 aromatic heterocycles. The molecule has 0 aliphatic heterocycles. The predicted octanol–water partition coefficient (Wildman–Crippen LogP) is 0.0727. The summed E-state index contributed by atoms with van der Waals surface area (Å²) >= 11 is 0. The quantitative estimate of drug-likeness (QED) is 0.670. The van der Waals surface area contributed by atoms with Gasteiger partial charge in [0.25, 0.3) is 0 Å². The summed E-state index contributed by atoms with van der Waals surface area (Å²) in [6.45, 7) is 1.13. The highest BCUT2D eigenvalue weighted by atomic mass is 16.5. The van der Waals surface area contributed by atoms with E-state index in [9.17, 15) is 19.2 Å². The first-order valence-corrected chi connectivity index (χ1v) is 5.47. The van der Waals surface area contributed by atoms with Crippen LogP contribution in [0.2, 0.25) is 0 Å². The van der Waals surface area contributed by atoms with E-state index in [4.69, 9.17) is 14.9 Å². The molecule has 1 aliphatic carbocycles. The maximum atomic E-state index is 11.6. The average molecular weight is 258 g/mol. The molecule has 0 aromatic rings. The molecule has 0 heterocycles. The highest BCUT2D eigenvalue weighted by molar-refractivity contribution is 5.91. The van der Waals surface area contributed by atoms with Gasteiger partial charge in [-0.05, 0) is 6.42 Å². The van der Waals surface area contributed by atoms with Crippen molar-refractivity contribution in [2.75, 3.05) is 0 Å². The molecule has 18 heavy (non-hydrogen) atoms. The summed E-state index contributed by atoms with van der Waals surface area (Å²) in [4.78, 5) is 44.0. The Balaban J connectivity index is 2.81. The van der Waals surface area contributed by atoms with E-state index in [-0.39, 0.29) is 25.0 Å². The molecule has 0 spiro atoms. The number of carboxylic acids is 2. The number of hydrogen-bond acceptors (Lipinski definition) is 5. The maximum Gasteiger partial charge on any atom is 0.311 e. The molecule has 2 N–H and O–H groups in total. The smallest absolute Gasteiger partial charge is 0.311 e. The van der Waals surface area contributed by atoms with Crippen molar-refractivity contribution in [2.45, 2.75) is 32.3 Å². The fourth-order valence-electron chi connectivity index (χ4n) is 2.21. The second-order valence-electron chi connectivity index (χ2n) is 4.22. The zero-order chi connectivity index (χ0) is 13.9. The van der Waals surface area contributed by atoms with Gasteiger partial charge in [-0.1, -0.05) is 0 Å². The molecule has 0 unspecified atom stereocenters. The van der Waals surface area contributed by atoms with Gasteiger partial charge in [0.15, 0.2) is 0 Å². The lowest BCUT2D eigenvalue weighted by atomic mass is 9.90. The van der Waals surface area contributed by atoms with Gasteiger partial charge in [-0.3, -0.25) is 19.2 Å². The van der Waals surface area contributed by atoms with Gasteiger partial charge in [0, 0.05) is 25.7 Å². The van der Waals surface area contributed by atoms with E-state index in [1.807, 2.05) is 0 Å². The fourth-order valence-corrected chi connectivity index (χ4v) is 2.21. The summed E-state index contributed by atoms with van der Waals surface area (Å²) in [6.07, 6.45) is -1.50. The Morgan fingerprint density at radius 1 is 1.33 bits per heavy atom. The fraction of sp³-hybridized carbons (Fsp3) is 0.636. The summed E-state index contributed by atoms with van der Waals surface area (Å²) < 4.78 is 4.80. The predicted molar refractivity (Wildman–Crippen MR) is 56.7 cm³/mol. The Labute approximate surface area is 103 Å². The lowest BCUT2D eigenvalue weighted by molar-refractivity contribution is -0.157. The first-order chi connectivity index (χ1) is 8.32. The molecule has 0 aromatic carbocycles. The molecule has 1 saturated carbocycles. The maximum absolute atomic E-state index is 11.6. The zero-order valence-electron chi connectivity index (χ0n) is 9.79. The van der Waals surface area contributed by atoms with Crippen molar-refractivity contribution in [3.05, 3.63) is 0 Å². The van der Waals surface area contributed by atoms with Crippen LogP contribution in [0.4, 0.5) is 0 Å². The standard InChI is InChI=1S/C11H14O7/c1-5(12)18-8-4-7(13)6(2-3-9(14)15)10(8)11(16)17/h6,8,10H,2-4H2,1H3,(H,14,15)(H,16,17)/t6-,8+,10+/m0/s1. The van der Waals surface area contributed by atoms with Crippen molar-refractivity contribution >= 4 is 23.7 Å². The number of aliphatic carboxylic acids is 2. The van der Waals surface area contributed by atoms with Crippen LogP contribution in [-0.4, -0.2) is 40.0 Å². The van der Waals surface area contributed by atoms with Gasteiger partial charge in [0.1, 0.15) is 17.8 Å². The summed E-state index contributed by atoms with van der Waals surface area (Å²) in [6, 6.07) is 0. The van der Waals surface area contributed by atoms with Crippen LogP contribution >= 0.6 is 0 Å². The second kappa shape index (κ2) is 5.61. The molecule has 1 fully saturated rings. The number of ketones is 1. The topological polar surface area (TPSA) is 118 Å². The number of carbonyl (C=O) groups is 4. The summed E-state index contributed by atoms with van der Waals surface area (Å²) in [5, 5.41) is 17.6. The molecule has 0 amide bonds. The van der Waals surface area contributed by atoms with Crippen molar-refractivity contribution < 1.29 is 34.1 Å². The first kappa shape index (κ1) is 14.1. The van der Waals surface area contributed by atoms with Gasteiger partial charge >= 0.3 is 17.9 Å². The summed E-state index contributed by atoms with van der Waals surface area (Å²) in [5.41, 5.74) is 0. The lowest BCUT2D eigenvalue weighted by Crippen LogP contribution is -2.32. The molecule has 7 heteroatoms. The van der Waals surface area contributed by atoms with Crippen LogP contribution in [0, 0.1) is 11.8 Å². The number of hydrogen-bond donors (Lipinski definition) is 2. The SMILES string of the molecule is CC(=O)O[C@@H]1CC(=O)[C@H](CCC(=O)O)[C@H]1C(=O)O. The molecule has 0 bridgehead atoms. The third-order valence-electron chi connectivity index (χ3n) is 2.92. The van der Waals surface area contributed by atoms with Gasteiger partial charge in [-0.2, -0.15) is 0 Å². The van der Waals surface area contributed by atoms with E-state index >= 15 is 0 Å². The minimum atomic E-state index is -1.25. The normalized spacial score (nSPS) is 26.9. The minimum absolute atomic E-state index is 0.0527. The van der Waals surface area contributed by atoms with Crippen molar-refractivity contribution in [2.24, 2.45) is 11.8 Å². The van der Waals surface area contributed by atoms with Gasteiger partial charge in [-0.15, -0.1) is 0 Å². The lowest BCUT2D eigenvalue weighted by Gasteiger charge is -2.18. The van der Waals surface area contributed by atoms with E-state index in [1.165, 1.54) is 0 Å². The van der Waals surface area contributed by atoms with Crippen LogP contribution in [0.1, 0.15) is 26.2 Å². The zero-order valence-corrected chi connectivity index (χ0v) is 9.79. The van der Waals surface area contributed by atoms with Crippen molar-refractivity contribution in [1.82, 2.24) is 0 Å². The Kier molecular flexibility index (Phi) is 4.41. The first-order valence-electron chi connectivity index (χ1n) is 5.47. The van der Waals surface area contributed by atoms with E-state index in [1.54, 1.807) is 0 Å². The third kappa shape index (κ3) is 3.28. The second-order valence-corrected chi connectivity index (χ2v) is 4.22. The molecule has 100 valence electrons. The van der Waals surface area contributed by atoms with E-state index < -0.39 is 35.8 Å². The average Bonchev–Trinajstić information content (AvgIpc) is 2.50. The Hall–Kier alpha value is -1.92. The molecular weight excluding hydrogens is 244 g/mol. The van der Waals surface area contributed by atoms with Gasteiger partial charge in [0.2, 0.25) is 0 Å². The van der Waals surface area contributed by atoms with Crippen LogP contribution < -0.4 is 0 Å². The van der Waals surface area contributed by atoms with Crippen LogP contribution in [0.25, 0.3) is 0 Å². The molecule has 1 aliphatic rings. The van der Waals surface area contributed by atoms with Crippen LogP contribution in [0.3, 0.4) is 0 Å². The number of esters is 1. The van der Waals surface area contributed by atoms with Crippen molar-refractivity contribution in [3.63, 3.8) is 0 Å². The summed E-state index contributed by atoms with van der Waals surface area (Å²) in [7, 11) is 0. The summed E-state index contributed by atoms with van der Waals surface area (Å²) in [5.74, 6) is -5.41. The van der Waals surface area contributed by atoms with E-state index in [2.05, 4.69) is 0 Å². The number of ether oxygens (including phenoxy) is 1. The molecule has 0 saturated heterocycles. The van der Waals surface area contributed by atoms with Crippen LogP contribution in [0.15, 0.2) is 0 Å². The highest BCUT2D eigenvalue weighted by Crippen LogP contribution is 2.34. The molecule has 7 nitrogen and oxygen atoms in total. The number of carbonyl (C=O) groups excluding carboxylic acids is 2. The Morgan fingerprint density at radius 2 is 1.94 bits per heavy atom. The number of rotatable bonds is 5. The molecule has 1 rings (SSSR count). The van der Waals surface area contributed by atoms with E-state index in [0.717, 1.165) is 6.92 Å². The molecule has 0 radical (unpaired) electrons. The van der Waals surface area contributed by atoms with E-state index in [0.29, 0.717) is 0 Å². The van der Waals surface area contributed by atoms with Crippen molar-refractivity contribution in [3.8, 4) is 0 Å². The molecule has 3 atom stereocenters. The highest BCUT2D eigenvalue weighted by Gasteiger charge is 2.48. The number of Topliss-reactive ketones (excluding diaryl/α,β-unsaturated/α-hetero) is 1. The molecular formula is C11H14O7. The Morgan fingerprint density at radius 3 is 2.39 bits per heavy atom. The van der Waals surface area contributed by atoms with Gasteiger partial charge in [0.05, 0.1) is 0 Å². The third-order valence-corrected chi connectivity index (χ3v) is 2.92. The van der Waals surface area contributed by atoms with Crippen LogP contribution in [-0.2, 0) is 23.9 Å². The monoisotopic (exact) mass is 258 g/mol. The number of carboxylic acid groups (broad SMARTS) is 2. The largest absolute Gasteiger partial charge is 0.481 e. The van der Waals surface area contributed by atoms with Gasteiger partial charge in [-0.25, -0.2) is 0 Å². The Bertz CT molecular complexity index is 387. The van der Waals surface area contributed by atoms with Gasteiger partial charge < -0.3 is 14.9 Å². The van der Waals surface area contributed by atoms with Crippen molar-refractivity contribution in [1.29, 1.82) is 0 Å².